The monoisotopic (exact) mass is 322 g/mol. The molecule has 0 aliphatic rings. The Morgan fingerprint density at radius 3 is 2.73 bits per heavy atom. The molecular formula is C11H19IN2O. The molecule has 0 saturated heterocycles. The van der Waals surface area contributed by atoms with Crippen LogP contribution in [0.2, 0.25) is 0 Å². The van der Waals surface area contributed by atoms with E-state index in [1.807, 2.05) is 4.68 Å². The summed E-state index contributed by atoms with van der Waals surface area (Å²) < 4.78 is 8.56. The van der Waals surface area contributed by atoms with Gasteiger partial charge < -0.3 is 4.74 Å². The minimum atomic E-state index is 0.720. The van der Waals surface area contributed by atoms with E-state index < -0.39 is 0 Å². The van der Waals surface area contributed by atoms with Gasteiger partial charge in [-0.25, -0.2) is 0 Å². The third-order valence-electron chi connectivity index (χ3n) is 2.19. The van der Waals surface area contributed by atoms with Crippen LogP contribution < -0.4 is 0 Å². The Morgan fingerprint density at radius 2 is 2.20 bits per heavy atom. The number of aromatic nitrogens is 2. The molecule has 0 aliphatic carbocycles. The van der Waals surface area contributed by atoms with Crippen LogP contribution in [-0.4, -0.2) is 23.0 Å². The Kier molecular flexibility index (Phi) is 5.60. The lowest BCUT2D eigenvalue weighted by molar-refractivity contribution is 0.114. The molecule has 1 rings (SSSR count). The lowest BCUT2D eigenvalue weighted by atomic mass is 10.1. The molecule has 86 valence electrons. The summed E-state index contributed by atoms with van der Waals surface area (Å²) in [5.74, 6) is 0.720. The lowest BCUT2D eigenvalue weighted by Crippen LogP contribution is -2.08. The van der Waals surface area contributed by atoms with E-state index in [0.717, 1.165) is 35.8 Å². The molecule has 0 spiro atoms. The lowest BCUT2D eigenvalue weighted by Gasteiger charge is -2.06. The number of hydrogen-bond donors (Lipinski definition) is 0. The predicted octanol–water partition coefficient (Wildman–Crippen LogP) is 2.86. The highest BCUT2D eigenvalue weighted by molar-refractivity contribution is 14.1. The van der Waals surface area contributed by atoms with Gasteiger partial charge >= 0.3 is 0 Å². The fourth-order valence-corrected chi connectivity index (χ4v) is 1.61. The Bertz CT molecular complexity index is 277. The van der Waals surface area contributed by atoms with Gasteiger partial charge in [0.2, 0.25) is 0 Å². The van der Waals surface area contributed by atoms with E-state index in [9.17, 15) is 0 Å². The first-order chi connectivity index (χ1) is 7.09. The maximum absolute atomic E-state index is 5.53. The van der Waals surface area contributed by atoms with Crippen LogP contribution in [-0.2, 0) is 11.3 Å². The molecule has 1 aromatic rings. The molecule has 0 bridgehead atoms. The van der Waals surface area contributed by atoms with Crippen LogP contribution in [0, 0.1) is 16.5 Å². The van der Waals surface area contributed by atoms with Crippen LogP contribution in [0.25, 0.3) is 0 Å². The van der Waals surface area contributed by atoms with Crippen molar-refractivity contribution in [3.8, 4) is 0 Å². The van der Waals surface area contributed by atoms with Gasteiger partial charge in [-0.05, 0) is 41.9 Å². The number of ether oxygens (including phenoxy) is 1. The number of halogens is 1. The third-order valence-corrected chi connectivity index (χ3v) is 3.26. The van der Waals surface area contributed by atoms with Gasteiger partial charge in [0.25, 0.3) is 0 Å². The summed E-state index contributed by atoms with van der Waals surface area (Å²) >= 11 is 2.25. The quantitative estimate of drug-likeness (QED) is 0.595. The predicted molar refractivity (Wildman–Crippen MR) is 70.0 cm³/mol. The van der Waals surface area contributed by atoms with Crippen molar-refractivity contribution in [1.82, 2.24) is 9.78 Å². The summed E-state index contributed by atoms with van der Waals surface area (Å²) in [5, 5.41) is 4.37. The molecule has 0 unspecified atom stereocenters. The Balaban J connectivity index is 2.15. The van der Waals surface area contributed by atoms with E-state index >= 15 is 0 Å². The average Bonchev–Trinajstić information content (AvgIpc) is 2.45. The first-order valence-electron chi connectivity index (χ1n) is 5.37. The zero-order chi connectivity index (χ0) is 11.3. The minimum absolute atomic E-state index is 0.720. The minimum Gasteiger partial charge on any atom is -0.380 e. The molecule has 1 aromatic heterocycles. The number of rotatable bonds is 6. The van der Waals surface area contributed by atoms with Crippen LogP contribution in [0.1, 0.15) is 25.8 Å². The molecule has 0 atom stereocenters. The fraction of sp³-hybridized carbons (Fsp3) is 0.727. The van der Waals surface area contributed by atoms with Gasteiger partial charge in [-0.1, -0.05) is 13.8 Å². The first-order valence-corrected chi connectivity index (χ1v) is 6.44. The maximum atomic E-state index is 5.53. The molecule has 0 radical (unpaired) electrons. The summed E-state index contributed by atoms with van der Waals surface area (Å²) in [6.07, 6.45) is 3.20. The number of nitrogens with zero attached hydrogens (tertiary/aromatic N) is 2. The molecule has 0 aliphatic heterocycles. The number of aryl methyl sites for hydroxylation is 1. The van der Waals surface area contributed by atoms with Gasteiger partial charge in [-0.15, -0.1) is 0 Å². The second-order valence-electron chi connectivity index (χ2n) is 4.16. The van der Waals surface area contributed by atoms with Gasteiger partial charge in [0.05, 0.1) is 13.2 Å². The highest BCUT2D eigenvalue weighted by atomic mass is 127. The molecule has 0 fully saturated rings. The van der Waals surface area contributed by atoms with Gasteiger partial charge in [0, 0.05) is 18.4 Å². The molecule has 4 heteroatoms. The van der Waals surface area contributed by atoms with Crippen molar-refractivity contribution < 1.29 is 4.74 Å². The van der Waals surface area contributed by atoms with Crippen LogP contribution in [0.4, 0.5) is 0 Å². The van der Waals surface area contributed by atoms with Crippen molar-refractivity contribution in [1.29, 1.82) is 0 Å². The van der Waals surface area contributed by atoms with E-state index in [1.54, 1.807) is 0 Å². The summed E-state index contributed by atoms with van der Waals surface area (Å²) in [7, 11) is 0. The highest BCUT2D eigenvalue weighted by Gasteiger charge is 2.00. The standard InChI is InChI=1S/C11H19IN2O/c1-9(2)4-6-15-7-5-14-8-10(3)11(12)13-14/h8-9H,4-7H2,1-3H3. The number of hydrogen-bond acceptors (Lipinski definition) is 2. The second-order valence-corrected chi connectivity index (χ2v) is 5.18. The highest BCUT2D eigenvalue weighted by Crippen LogP contribution is 2.07. The molecule has 0 saturated carbocycles. The van der Waals surface area contributed by atoms with Gasteiger partial charge in [-0.2, -0.15) is 5.10 Å². The summed E-state index contributed by atoms with van der Waals surface area (Å²) in [6.45, 7) is 8.96. The van der Waals surface area contributed by atoms with Crippen molar-refractivity contribution in [3.05, 3.63) is 15.5 Å². The SMILES string of the molecule is Cc1cn(CCOCCC(C)C)nc1I. The maximum Gasteiger partial charge on any atom is 0.126 e. The van der Waals surface area contributed by atoms with E-state index in [1.165, 1.54) is 5.56 Å². The molecule has 0 aromatic carbocycles. The van der Waals surface area contributed by atoms with E-state index in [4.69, 9.17) is 4.74 Å². The van der Waals surface area contributed by atoms with Crippen LogP contribution in [0.3, 0.4) is 0 Å². The first kappa shape index (κ1) is 13.0. The van der Waals surface area contributed by atoms with E-state index in [-0.39, 0.29) is 0 Å². The van der Waals surface area contributed by atoms with Crippen molar-refractivity contribution in [2.75, 3.05) is 13.2 Å². The average molecular weight is 322 g/mol. The Hall–Kier alpha value is -0.100. The van der Waals surface area contributed by atoms with Gasteiger partial charge in [-0.3, -0.25) is 4.68 Å². The largest absolute Gasteiger partial charge is 0.380 e. The summed E-state index contributed by atoms with van der Waals surface area (Å²) in [5.41, 5.74) is 1.23. The van der Waals surface area contributed by atoms with Crippen LogP contribution in [0.5, 0.6) is 0 Å². The van der Waals surface area contributed by atoms with Gasteiger partial charge in [0.1, 0.15) is 3.70 Å². The molecule has 0 amide bonds. The summed E-state index contributed by atoms with van der Waals surface area (Å²) in [4.78, 5) is 0. The zero-order valence-electron chi connectivity index (χ0n) is 9.66. The Labute approximate surface area is 105 Å². The Morgan fingerprint density at radius 1 is 1.47 bits per heavy atom. The van der Waals surface area contributed by atoms with Crippen molar-refractivity contribution in [2.45, 2.75) is 33.7 Å². The van der Waals surface area contributed by atoms with E-state index in [2.05, 4.69) is 54.7 Å². The topological polar surface area (TPSA) is 27.1 Å². The van der Waals surface area contributed by atoms with Gasteiger partial charge in [0.15, 0.2) is 0 Å². The van der Waals surface area contributed by atoms with Crippen LogP contribution in [0.15, 0.2) is 6.20 Å². The second kappa shape index (κ2) is 6.48. The van der Waals surface area contributed by atoms with Crippen molar-refractivity contribution in [2.24, 2.45) is 5.92 Å². The smallest absolute Gasteiger partial charge is 0.126 e. The summed E-state index contributed by atoms with van der Waals surface area (Å²) in [6, 6.07) is 0. The molecule has 3 nitrogen and oxygen atoms in total. The van der Waals surface area contributed by atoms with Crippen molar-refractivity contribution in [3.63, 3.8) is 0 Å². The molecule has 0 N–H and O–H groups in total. The molecular weight excluding hydrogens is 303 g/mol. The fourth-order valence-electron chi connectivity index (χ4n) is 1.19. The normalized spacial score (nSPS) is 11.3. The molecule has 15 heavy (non-hydrogen) atoms. The third kappa shape index (κ3) is 4.97. The van der Waals surface area contributed by atoms with Crippen molar-refractivity contribution >= 4 is 22.6 Å². The zero-order valence-corrected chi connectivity index (χ0v) is 11.8. The van der Waals surface area contributed by atoms with Crippen LogP contribution >= 0.6 is 22.6 Å². The van der Waals surface area contributed by atoms with E-state index in [0.29, 0.717) is 0 Å². The molecule has 1 heterocycles.